The van der Waals surface area contributed by atoms with Gasteiger partial charge in [-0.25, -0.2) is 9.97 Å². The highest BCUT2D eigenvalue weighted by molar-refractivity contribution is 5.01. The zero-order valence-electron chi connectivity index (χ0n) is 9.33. The van der Waals surface area contributed by atoms with Crippen LogP contribution in [0, 0.1) is 12.8 Å². The average Bonchev–Trinajstić information content (AvgIpc) is 2.12. The second kappa shape index (κ2) is 6.58. The summed E-state index contributed by atoms with van der Waals surface area (Å²) in [6.45, 7) is 10.3. The molecule has 0 spiro atoms. The molecule has 1 rings (SSSR count). The lowest BCUT2D eigenvalue weighted by molar-refractivity contribution is 0.620. The van der Waals surface area contributed by atoms with E-state index in [1.54, 1.807) is 0 Å². The molecule has 0 saturated heterocycles. The Hall–Kier alpha value is -0.920. The minimum absolute atomic E-state index is 0.637. The van der Waals surface area contributed by atoms with E-state index < -0.39 is 0 Å². The van der Waals surface area contributed by atoms with Crippen LogP contribution < -0.4 is 0 Å². The first-order valence-corrected chi connectivity index (χ1v) is 4.96. The molecule has 0 aliphatic rings. The number of hydrogen-bond acceptors (Lipinski definition) is 2. The monoisotopic (exact) mass is 180 g/mol. The Morgan fingerprint density at radius 3 is 2.00 bits per heavy atom. The second-order valence-electron chi connectivity index (χ2n) is 3.27. The highest BCUT2D eigenvalue weighted by Gasteiger charge is 1.98. The summed E-state index contributed by atoms with van der Waals surface area (Å²) in [7, 11) is 0. The fraction of sp³-hybridized carbons (Fsp3) is 0.636. The fourth-order valence-corrected chi connectivity index (χ4v) is 0.890. The first-order chi connectivity index (χ1) is 6.18. The van der Waals surface area contributed by atoms with Gasteiger partial charge in [0.2, 0.25) is 0 Å². The van der Waals surface area contributed by atoms with Gasteiger partial charge in [-0.05, 0) is 18.4 Å². The zero-order chi connectivity index (χ0) is 10.3. The summed E-state index contributed by atoms with van der Waals surface area (Å²) in [6, 6.07) is 0. The Labute approximate surface area is 81.4 Å². The topological polar surface area (TPSA) is 25.8 Å². The highest BCUT2D eigenvalue weighted by Crippen LogP contribution is 2.01. The Balaban J connectivity index is 0.000000671. The van der Waals surface area contributed by atoms with Crippen molar-refractivity contribution in [2.75, 3.05) is 0 Å². The van der Waals surface area contributed by atoms with E-state index >= 15 is 0 Å². The maximum absolute atomic E-state index is 4.21. The van der Waals surface area contributed by atoms with E-state index in [1.807, 2.05) is 33.2 Å². The third-order valence-electron chi connectivity index (χ3n) is 1.43. The van der Waals surface area contributed by atoms with Crippen LogP contribution in [0.1, 0.15) is 39.1 Å². The van der Waals surface area contributed by atoms with Crippen molar-refractivity contribution in [1.29, 1.82) is 0 Å². The van der Waals surface area contributed by atoms with Crippen molar-refractivity contribution in [2.45, 2.75) is 41.0 Å². The van der Waals surface area contributed by atoms with Crippen LogP contribution in [0.5, 0.6) is 0 Å². The SMILES string of the molecule is CC.Cc1cnc(CC(C)C)nc1. The molecule has 0 N–H and O–H groups in total. The van der Waals surface area contributed by atoms with Crippen LogP contribution >= 0.6 is 0 Å². The van der Waals surface area contributed by atoms with Gasteiger partial charge in [-0.3, -0.25) is 0 Å². The number of rotatable bonds is 2. The zero-order valence-corrected chi connectivity index (χ0v) is 9.33. The van der Waals surface area contributed by atoms with E-state index in [0.29, 0.717) is 5.92 Å². The van der Waals surface area contributed by atoms with Crippen LogP contribution in [0.3, 0.4) is 0 Å². The quantitative estimate of drug-likeness (QED) is 0.699. The summed E-state index contributed by atoms with van der Waals surface area (Å²) in [4.78, 5) is 8.41. The van der Waals surface area contributed by atoms with Gasteiger partial charge in [0.25, 0.3) is 0 Å². The van der Waals surface area contributed by atoms with E-state index in [2.05, 4.69) is 23.8 Å². The molecule has 0 unspecified atom stereocenters. The Morgan fingerprint density at radius 1 is 1.15 bits per heavy atom. The highest BCUT2D eigenvalue weighted by atomic mass is 14.9. The van der Waals surface area contributed by atoms with Crippen LogP contribution in [0.2, 0.25) is 0 Å². The van der Waals surface area contributed by atoms with Gasteiger partial charge >= 0.3 is 0 Å². The summed E-state index contributed by atoms with van der Waals surface area (Å²) < 4.78 is 0. The Bertz CT molecular complexity index is 214. The Kier molecular flexibility index (Phi) is 6.11. The maximum Gasteiger partial charge on any atom is 0.128 e. The van der Waals surface area contributed by atoms with Gasteiger partial charge in [0.15, 0.2) is 0 Å². The summed E-state index contributed by atoms with van der Waals surface area (Å²) >= 11 is 0. The van der Waals surface area contributed by atoms with Gasteiger partial charge < -0.3 is 0 Å². The smallest absolute Gasteiger partial charge is 0.128 e. The minimum atomic E-state index is 0.637. The number of nitrogens with zero attached hydrogens (tertiary/aromatic N) is 2. The fourth-order valence-electron chi connectivity index (χ4n) is 0.890. The van der Waals surface area contributed by atoms with Crippen molar-refractivity contribution in [3.63, 3.8) is 0 Å². The molecule has 0 radical (unpaired) electrons. The summed E-state index contributed by atoms with van der Waals surface area (Å²) in [5, 5.41) is 0. The van der Waals surface area contributed by atoms with E-state index in [9.17, 15) is 0 Å². The molecule has 0 atom stereocenters. The van der Waals surface area contributed by atoms with Gasteiger partial charge in [0, 0.05) is 18.8 Å². The Morgan fingerprint density at radius 2 is 1.62 bits per heavy atom. The molecule has 0 bridgehead atoms. The molecular weight excluding hydrogens is 160 g/mol. The summed E-state index contributed by atoms with van der Waals surface area (Å²) in [5.74, 6) is 1.59. The molecule has 0 aliphatic carbocycles. The first-order valence-electron chi connectivity index (χ1n) is 4.96. The lowest BCUT2D eigenvalue weighted by Gasteiger charge is -2.01. The van der Waals surface area contributed by atoms with E-state index in [1.165, 1.54) is 0 Å². The molecule has 0 fully saturated rings. The minimum Gasteiger partial charge on any atom is -0.241 e. The van der Waals surface area contributed by atoms with E-state index in [0.717, 1.165) is 17.8 Å². The molecule has 2 heteroatoms. The number of hydrogen-bond donors (Lipinski definition) is 0. The second-order valence-corrected chi connectivity index (χ2v) is 3.27. The third kappa shape index (κ3) is 5.34. The molecule has 1 aromatic rings. The van der Waals surface area contributed by atoms with Gasteiger partial charge in [0.1, 0.15) is 5.82 Å². The largest absolute Gasteiger partial charge is 0.241 e. The van der Waals surface area contributed by atoms with E-state index in [4.69, 9.17) is 0 Å². The van der Waals surface area contributed by atoms with Gasteiger partial charge in [-0.15, -0.1) is 0 Å². The van der Waals surface area contributed by atoms with Crippen LogP contribution in [0.4, 0.5) is 0 Å². The van der Waals surface area contributed by atoms with Crippen molar-refractivity contribution >= 4 is 0 Å². The predicted molar refractivity (Wildman–Crippen MR) is 56.7 cm³/mol. The average molecular weight is 180 g/mol. The number of aromatic nitrogens is 2. The van der Waals surface area contributed by atoms with Crippen molar-refractivity contribution in [1.82, 2.24) is 9.97 Å². The third-order valence-corrected chi connectivity index (χ3v) is 1.43. The summed E-state index contributed by atoms with van der Waals surface area (Å²) in [5.41, 5.74) is 1.12. The normalized spacial score (nSPS) is 9.38. The predicted octanol–water partition coefficient (Wildman–Crippen LogP) is 3.01. The molecule has 0 amide bonds. The molecule has 1 aromatic heterocycles. The molecule has 2 nitrogen and oxygen atoms in total. The maximum atomic E-state index is 4.21. The number of aryl methyl sites for hydroxylation is 1. The standard InChI is InChI=1S/C9H14N2.C2H6/c1-7(2)4-9-10-5-8(3)6-11-9;1-2/h5-7H,4H2,1-3H3;1-2H3. The first kappa shape index (κ1) is 12.1. The lowest BCUT2D eigenvalue weighted by atomic mass is 10.1. The van der Waals surface area contributed by atoms with Crippen molar-refractivity contribution in [3.05, 3.63) is 23.8 Å². The van der Waals surface area contributed by atoms with Gasteiger partial charge in [-0.2, -0.15) is 0 Å². The molecule has 74 valence electrons. The molecule has 13 heavy (non-hydrogen) atoms. The molecule has 0 aromatic carbocycles. The summed E-state index contributed by atoms with van der Waals surface area (Å²) in [6.07, 6.45) is 4.70. The van der Waals surface area contributed by atoms with Gasteiger partial charge in [0.05, 0.1) is 0 Å². The van der Waals surface area contributed by atoms with Crippen LogP contribution in [0.25, 0.3) is 0 Å². The van der Waals surface area contributed by atoms with Crippen LogP contribution in [-0.2, 0) is 6.42 Å². The van der Waals surface area contributed by atoms with E-state index in [-0.39, 0.29) is 0 Å². The molecular formula is C11H20N2. The van der Waals surface area contributed by atoms with Crippen molar-refractivity contribution < 1.29 is 0 Å². The molecule has 1 heterocycles. The lowest BCUT2D eigenvalue weighted by Crippen LogP contribution is -1.99. The van der Waals surface area contributed by atoms with Crippen LogP contribution in [-0.4, -0.2) is 9.97 Å². The van der Waals surface area contributed by atoms with Crippen molar-refractivity contribution in [2.24, 2.45) is 5.92 Å². The molecule has 0 saturated carbocycles. The molecule has 0 aliphatic heterocycles. The van der Waals surface area contributed by atoms with Crippen molar-refractivity contribution in [3.8, 4) is 0 Å². The van der Waals surface area contributed by atoms with Crippen LogP contribution in [0.15, 0.2) is 12.4 Å². The van der Waals surface area contributed by atoms with Gasteiger partial charge in [-0.1, -0.05) is 27.7 Å².